The molecule has 2 atom stereocenters. The van der Waals surface area contributed by atoms with Gasteiger partial charge in [-0.3, -0.25) is 0 Å². The molecule has 2 nitrogen and oxygen atoms in total. The molecule has 0 saturated heterocycles. The summed E-state index contributed by atoms with van der Waals surface area (Å²) in [5.74, 6) is 1.19. The number of nitrogens with one attached hydrogen (secondary N) is 1. The summed E-state index contributed by atoms with van der Waals surface area (Å²) in [6, 6.07) is 3.24. The second-order valence-corrected chi connectivity index (χ2v) is 4.22. The van der Waals surface area contributed by atoms with E-state index in [1.165, 1.54) is 30.6 Å². The summed E-state index contributed by atoms with van der Waals surface area (Å²) in [6.07, 6.45) is 6.61. The molecule has 1 N–H and O–H groups in total. The fraction of sp³-hybridized carbons (Fsp3) is 0.667. The van der Waals surface area contributed by atoms with Crippen molar-refractivity contribution < 1.29 is 4.42 Å². The zero-order valence-electron chi connectivity index (χ0n) is 9.05. The van der Waals surface area contributed by atoms with Crippen molar-refractivity contribution in [3.63, 3.8) is 0 Å². The van der Waals surface area contributed by atoms with E-state index in [2.05, 4.69) is 25.2 Å². The van der Waals surface area contributed by atoms with Crippen LogP contribution in [0.3, 0.4) is 0 Å². The lowest BCUT2D eigenvalue weighted by Gasteiger charge is -2.25. The van der Waals surface area contributed by atoms with Crippen LogP contribution in [0.4, 0.5) is 0 Å². The van der Waals surface area contributed by atoms with Gasteiger partial charge >= 0.3 is 0 Å². The Hall–Kier alpha value is -0.760. The molecule has 1 heterocycles. The van der Waals surface area contributed by atoms with Gasteiger partial charge in [-0.25, -0.2) is 0 Å². The van der Waals surface area contributed by atoms with Crippen LogP contribution in [0.5, 0.6) is 0 Å². The van der Waals surface area contributed by atoms with Gasteiger partial charge in [0, 0.05) is 24.1 Å². The standard InChI is InChI=1S/C12H19NO/c1-3-9(2)13-11-5-4-6-12-10(11)7-8-14-12/h7-9,11,13H,3-6H2,1-2H3. The lowest BCUT2D eigenvalue weighted by atomic mass is 9.93. The molecule has 2 unspecified atom stereocenters. The Kier molecular flexibility index (Phi) is 2.92. The van der Waals surface area contributed by atoms with Crippen LogP contribution in [-0.4, -0.2) is 6.04 Å². The Morgan fingerprint density at radius 1 is 1.64 bits per heavy atom. The molecule has 0 saturated carbocycles. The number of hydrogen-bond donors (Lipinski definition) is 1. The van der Waals surface area contributed by atoms with Crippen LogP contribution < -0.4 is 5.32 Å². The molecule has 0 spiro atoms. The maximum absolute atomic E-state index is 5.46. The van der Waals surface area contributed by atoms with Gasteiger partial charge in [-0.2, -0.15) is 0 Å². The van der Waals surface area contributed by atoms with Gasteiger partial charge in [0.2, 0.25) is 0 Å². The van der Waals surface area contributed by atoms with E-state index in [0.717, 1.165) is 6.42 Å². The van der Waals surface area contributed by atoms with Gasteiger partial charge in [-0.05, 0) is 32.3 Å². The minimum Gasteiger partial charge on any atom is -0.469 e. The van der Waals surface area contributed by atoms with Crippen LogP contribution in [0.2, 0.25) is 0 Å². The third-order valence-corrected chi connectivity index (χ3v) is 3.15. The van der Waals surface area contributed by atoms with E-state index in [0.29, 0.717) is 12.1 Å². The smallest absolute Gasteiger partial charge is 0.108 e. The van der Waals surface area contributed by atoms with Crippen LogP contribution in [0.25, 0.3) is 0 Å². The first-order chi connectivity index (χ1) is 6.81. The Morgan fingerprint density at radius 2 is 2.50 bits per heavy atom. The first-order valence-corrected chi connectivity index (χ1v) is 5.63. The molecule has 0 aliphatic heterocycles. The lowest BCUT2D eigenvalue weighted by molar-refractivity contribution is 0.378. The minimum atomic E-state index is 0.521. The molecule has 0 fully saturated rings. The van der Waals surface area contributed by atoms with Crippen molar-refractivity contribution in [2.24, 2.45) is 0 Å². The summed E-state index contributed by atoms with van der Waals surface area (Å²) in [6.45, 7) is 4.46. The highest BCUT2D eigenvalue weighted by atomic mass is 16.3. The first-order valence-electron chi connectivity index (χ1n) is 5.63. The average Bonchev–Trinajstić information content (AvgIpc) is 2.66. The van der Waals surface area contributed by atoms with E-state index in [-0.39, 0.29) is 0 Å². The van der Waals surface area contributed by atoms with Crippen LogP contribution in [-0.2, 0) is 6.42 Å². The number of hydrogen-bond acceptors (Lipinski definition) is 2. The van der Waals surface area contributed by atoms with Crippen LogP contribution in [0, 0.1) is 0 Å². The molecule has 2 heteroatoms. The first kappa shape index (κ1) is 9.78. The van der Waals surface area contributed by atoms with E-state index in [1.807, 2.05) is 6.26 Å². The van der Waals surface area contributed by atoms with Crippen LogP contribution >= 0.6 is 0 Å². The highest BCUT2D eigenvalue weighted by Gasteiger charge is 2.22. The second kappa shape index (κ2) is 4.18. The monoisotopic (exact) mass is 193 g/mol. The van der Waals surface area contributed by atoms with Gasteiger partial charge in [-0.1, -0.05) is 6.92 Å². The normalized spacial score (nSPS) is 23.1. The number of rotatable bonds is 3. The Labute approximate surface area is 85.7 Å². The van der Waals surface area contributed by atoms with Crippen molar-refractivity contribution >= 4 is 0 Å². The van der Waals surface area contributed by atoms with Gasteiger partial charge in [-0.15, -0.1) is 0 Å². The van der Waals surface area contributed by atoms with Crippen molar-refractivity contribution in [3.05, 3.63) is 23.7 Å². The molecular formula is C12H19NO. The van der Waals surface area contributed by atoms with Gasteiger partial charge < -0.3 is 9.73 Å². The Morgan fingerprint density at radius 3 is 3.29 bits per heavy atom. The fourth-order valence-electron chi connectivity index (χ4n) is 2.12. The van der Waals surface area contributed by atoms with E-state index in [4.69, 9.17) is 4.42 Å². The molecule has 14 heavy (non-hydrogen) atoms. The summed E-state index contributed by atoms with van der Waals surface area (Å²) < 4.78 is 5.46. The van der Waals surface area contributed by atoms with Crippen molar-refractivity contribution in [1.29, 1.82) is 0 Å². The van der Waals surface area contributed by atoms with E-state index in [9.17, 15) is 0 Å². The zero-order valence-corrected chi connectivity index (χ0v) is 9.05. The summed E-state index contributed by atoms with van der Waals surface area (Å²) in [5.41, 5.74) is 1.39. The topological polar surface area (TPSA) is 25.2 Å². The maximum atomic E-state index is 5.46. The van der Waals surface area contributed by atoms with Crippen molar-refractivity contribution in [2.75, 3.05) is 0 Å². The summed E-state index contributed by atoms with van der Waals surface area (Å²) in [5, 5.41) is 3.65. The molecule has 1 aliphatic rings. The zero-order chi connectivity index (χ0) is 9.97. The van der Waals surface area contributed by atoms with Crippen LogP contribution in [0.15, 0.2) is 16.7 Å². The molecule has 1 aromatic rings. The van der Waals surface area contributed by atoms with E-state index < -0.39 is 0 Å². The largest absolute Gasteiger partial charge is 0.469 e. The fourth-order valence-corrected chi connectivity index (χ4v) is 2.12. The maximum Gasteiger partial charge on any atom is 0.108 e. The Bertz CT molecular complexity index is 292. The molecule has 0 aromatic carbocycles. The third kappa shape index (κ3) is 1.85. The van der Waals surface area contributed by atoms with Crippen molar-refractivity contribution in [1.82, 2.24) is 5.32 Å². The summed E-state index contributed by atoms with van der Waals surface area (Å²) >= 11 is 0. The van der Waals surface area contributed by atoms with Gasteiger partial charge in [0.15, 0.2) is 0 Å². The summed E-state index contributed by atoms with van der Waals surface area (Å²) in [7, 11) is 0. The predicted octanol–water partition coefficient (Wildman–Crippen LogP) is 3.05. The second-order valence-electron chi connectivity index (χ2n) is 4.22. The number of fused-ring (bicyclic) bond motifs is 1. The minimum absolute atomic E-state index is 0.521. The highest BCUT2D eigenvalue weighted by Crippen LogP contribution is 2.30. The Balaban J connectivity index is 2.08. The quantitative estimate of drug-likeness (QED) is 0.798. The molecule has 0 bridgehead atoms. The molecule has 2 rings (SSSR count). The molecule has 0 amide bonds. The average molecular weight is 193 g/mol. The third-order valence-electron chi connectivity index (χ3n) is 3.15. The van der Waals surface area contributed by atoms with Crippen molar-refractivity contribution in [2.45, 2.75) is 51.6 Å². The molecule has 0 radical (unpaired) electrons. The molecule has 1 aromatic heterocycles. The van der Waals surface area contributed by atoms with Gasteiger partial charge in [0.05, 0.1) is 6.26 Å². The van der Waals surface area contributed by atoms with Gasteiger partial charge in [0.25, 0.3) is 0 Å². The predicted molar refractivity (Wildman–Crippen MR) is 57.3 cm³/mol. The molecule has 78 valence electrons. The summed E-state index contributed by atoms with van der Waals surface area (Å²) in [4.78, 5) is 0. The van der Waals surface area contributed by atoms with E-state index in [1.54, 1.807) is 0 Å². The number of aryl methyl sites for hydroxylation is 1. The van der Waals surface area contributed by atoms with E-state index >= 15 is 0 Å². The highest BCUT2D eigenvalue weighted by molar-refractivity contribution is 5.24. The van der Waals surface area contributed by atoms with Crippen LogP contribution in [0.1, 0.15) is 50.5 Å². The van der Waals surface area contributed by atoms with Crippen molar-refractivity contribution in [3.8, 4) is 0 Å². The number of furan rings is 1. The molecular weight excluding hydrogens is 174 g/mol. The molecule has 1 aliphatic carbocycles. The SMILES string of the molecule is CCC(C)NC1CCCc2occc21. The van der Waals surface area contributed by atoms with Gasteiger partial charge in [0.1, 0.15) is 5.76 Å². The lowest BCUT2D eigenvalue weighted by Crippen LogP contribution is -2.31.